The number of rotatable bonds is 7. The highest BCUT2D eigenvalue weighted by atomic mass is 32.1. The van der Waals surface area contributed by atoms with Crippen LogP contribution in [0.25, 0.3) is 10.8 Å². The van der Waals surface area contributed by atoms with E-state index in [1.807, 2.05) is 24.4 Å². The molecule has 1 N–H and O–H groups in total. The van der Waals surface area contributed by atoms with Gasteiger partial charge in [-0.2, -0.15) is 0 Å². The Labute approximate surface area is 155 Å². The SMILES string of the molecule is COc1cc(OC)cc(C(=O)NCCc2nc(-c3cccs3)oc2C)c1. The highest BCUT2D eigenvalue weighted by molar-refractivity contribution is 7.13. The molecule has 0 fully saturated rings. The fraction of sp³-hybridized carbons (Fsp3) is 0.263. The molecule has 3 aromatic rings. The third-order valence-corrected chi connectivity index (χ3v) is 4.74. The average molecular weight is 372 g/mol. The van der Waals surface area contributed by atoms with Crippen molar-refractivity contribution in [2.45, 2.75) is 13.3 Å². The Balaban J connectivity index is 1.62. The minimum Gasteiger partial charge on any atom is -0.497 e. The van der Waals surface area contributed by atoms with E-state index < -0.39 is 0 Å². The standard InChI is InChI=1S/C19H20N2O4S/c1-12-16(21-19(25-12)17-5-4-8-26-17)6-7-20-18(22)13-9-14(23-2)11-15(10-13)24-3/h4-5,8-11H,6-7H2,1-3H3,(H,20,22). The molecule has 0 unspecified atom stereocenters. The maximum Gasteiger partial charge on any atom is 0.251 e. The average Bonchev–Trinajstić information content (AvgIpc) is 3.31. The molecule has 0 saturated carbocycles. The number of amides is 1. The molecule has 0 atom stereocenters. The number of carbonyl (C=O) groups is 1. The number of methoxy groups -OCH3 is 2. The number of benzene rings is 1. The van der Waals surface area contributed by atoms with E-state index in [4.69, 9.17) is 13.9 Å². The number of carbonyl (C=O) groups excluding carboxylic acids is 1. The summed E-state index contributed by atoms with van der Waals surface area (Å²) in [6, 6.07) is 9.00. The molecule has 0 aliphatic carbocycles. The van der Waals surface area contributed by atoms with Crippen molar-refractivity contribution in [1.29, 1.82) is 0 Å². The third kappa shape index (κ3) is 4.05. The summed E-state index contributed by atoms with van der Waals surface area (Å²) in [4.78, 5) is 17.9. The summed E-state index contributed by atoms with van der Waals surface area (Å²) >= 11 is 1.58. The third-order valence-electron chi connectivity index (χ3n) is 3.89. The normalized spacial score (nSPS) is 10.6. The lowest BCUT2D eigenvalue weighted by molar-refractivity contribution is 0.0953. The molecule has 26 heavy (non-hydrogen) atoms. The van der Waals surface area contributed by atoms with E-state index in [0.29, 0.717) is 35.9 Å². The zero-order chi connectivity index (χ0) is 18.5. The first-order chi connectivity index (χ1) is 12.6. The first-order valence-corrected chi connectivity index (χ1v) is 9.00. The number of hydrogen-bond donors (Lipinski definition) is 1. The minimum absolute atomic E-state index is 0.193. The van der Waals surface area contributed by atoms with Crippen LogP contribution >= 0.6 is 11.3 Å². The zero-order valence-electron chi connectivity index (χ0n) is 14.9. The topological polar surface area (TPSA) is 73.6 Å². The molecule has 7 heteroatoms. The number of hydrogen-bond acceptors (Lipinski definition) is 6. The highest BCUT2D eigenvalue weighted by Crippen LogP contribution is 2.26. The van der Waals surface area contributed by atoms with E-state index in [1.165, 1.54) is 0 Å². The molecule has 0 radical (unpaired) electrons. The predicted octanol–water partition coefficient (Wildman–Crippen LogP) is 3.70. The smallest absolute Gasteiger partial charge is 0.251 e. The summed E-state index contributed by atoms with van der Waals surface area (Å²) in [6.45, 7) is 2.34. The van der Waals surface area contributed by atoms with E-state index in [9.17, 15) is 4.79 Å². The molecular weight excluding hydrogens is 352 g/mol. The van der Waals surface area contributed by atoms with Crippen molar-refractivity contribution in [3.8, 4) is 22.3 Å². The molecule has 0 saturated heterocycles. The molecule has 1 amide bonds. The van der Waals surface area contributed by atoms with Gasteiger partial charge in [0.15, 0.2) is 0 Å². The van der Waals surface area contributed by atoms with Crippen molar-refractivity contribution in [1.82, 2.24) is 10.3 Å². The zero-order valence-corrected chi connectivity index (χ0v) is 15.7. The second-order valence-corrected chi connectivity index (χ2v) is 6.55. The first kappa shape index (κ1) is 18.0. The Hall–Kier alpha value is -2.80. The van der Waals surface area contributed by atoms with Crippen LogP contribution in [0.15, 0.2) is 40.1 Å². The molecule has 0 aliphatic rings. The summed E-state index contributed by atoms with van der Waals surface area (Å²) in [6.07, 6.45) is 0.591. The van der Waals surface area contributed by atoms with E-state index in [1.54, 1.807) is 43.8 Å². The number of nitrogens with one attached hydrogen (secondary N) is 1. The van der Waals surface area contributed by atoms with Gasteiger partial charge in [0.2, 0.25) is 5.89 Å². The van der Waals surface area contributed by atoms with E-state index in [2.05, 4.69) is 10.3 Å². The lowest BCUT2D eigenvalue weighted by Gasteiger charge is -2.09. The molecule has 0 spiro atoms. The van der Waals surface area contributed by atoms with Crippen molar-refractivity contribution in [3.05, 3.63) is 52.7 Å². The summed E-state index contributed by atoms with van der Waals surface area (Å²) in [5.41, 5.74) is 1.33. The van der Waals surface area contributed by atoms with Gasteiger partial charge < -0.3 is 19.2 Å². The number of oxazole rings is 1. The Bertz CT molecular complexity index is 865. The van der Waals surface area contributed by atoms with Gasteiger partial charge >= 0.3 is 0 Å². The van der Waals surface area contributed by atoms with E-state index in [0.717, 1.165) is 16.3 Å². The highest BCUT2D eigenvalue weighted by Gasteiger charge is 2.13. The summed E-state index contributed by atoms with van der Waals surface area (Å²) in [5.74, 6) is 2.34. The summed E-state index contributed by atoms with van der Waals surface area (Å²) in [5, 5.41) is 4.88. The number of aryl methyl sites for hydroxylation is 1. The quantitative estimate of drug-likeness (QED) is 0.684. The Kier molecular flexibility index (Phi) is 5.58. The number of aromatic nitrogens is 1. The van der Waals surface area contributed by atoms with Crippen LogP contribution in [0.1, 0.15) is 21.8 Å². The lowest BCUT2D eigenvalue weighted by atomic mass is 10.2. The number of nitrogens with zero attached hydrogens (tertiary/aromatic N) is 1. The Morgan fingerprint density at radius 3 is 2.58 bits per heavy atom. The molecule has 6 nitrogen and oxygen atoms in total. The maximum absolute atomic E-state index is 12.4. The van der Waals surface area contributed by atoms with Crippen LogP contribution in [-0.4, -0.2) is 31.7 Å². The largest absolute Gasteiger partial charge is 0.497 e. The van der Waals surface area contributed by atoms with Crippen LogP contribution < -0.4 is 14.8 Å². The van der Waals surface area contributed by atoms with Gasteiger partial charge in [-0.3, -0.25) is 4.79 Å². The maximum atomic E-state index is 12.4. The molecule has 2 aromatic heterocycles. The molecule has 2 heterocycles. The van der Waals surface area contributed by atoms with Crippen LogP contribution in [0.3, 0.4) is 0 Å². The van der Waals surface area contributed by atoms with Crippen molar-refractivity contribution >= 4 is 17.2 Å². The Morgan fingerprint density at radius 2 is 1.96 bits per heavy atom. The van der Waals surface area contributed by atoms with Gasteiger partial charge in [-0.15, -0.1) is 11.3 Å². The van der Waals surface area contributed by atoms with E-state index >= 15 is 0 Å². The Morgan fingerprint density at radius 1 is 1.23 bits per heavy atom. The van der Waals surface area contributed by atoms with Crippen molar-refractivity contribution in [3.63, 3.8) is 0 Å². The van der Waals surface area contributed by atoms with Gasteiger partial charge in [0.25, 0.3) is 5.91 Å². The predicted molar refractivity (Wildman–Crippen MR) is 100 cm³/mol. The lowest BCUT2D eigenvalue weighted by Crippen LogP contribution is -2.26. The molecule has 1 aromatic carbocycles. The van der Waals surface area contributed by atoms with Crippen molar-refractivity contribution in [2.75, 3.05) is 20.8 Å². The minimum atomic E-state index is -0.193. The number of thiophene rings is 1. The van der Waals surface area contributed by atoms with Gasteiger partial charge in [0.1, 0.15) is 17.3 Å². The van der Waals surface area contributed by atoms with Crippen LogP contribution in [0.4, 0.5) is 0 Å². The van der Waals surface area contributed by atoms with Crippen molar-refractivity contribution in [2.24, 2.45) is 0 Å². The molecule has 0 aliphatic heterocycles. The van der Waals surface area contributed by atoms with Gasteiger partial charge in [-0.25, -0.2) is 4.98 Å². The fourth-order valence-electron chi connectivity index (χ4n) is 2.50. The fourth-order valence-corrected chi connectivity index (χ4v) is 3.15. The summed E-state index contributed by atoms with van der Waals surface area (Å²) < 4.78 is 16.1. The monoisotopic (exact) mass is 372 g/mol. The second-order valence-electron chi connectivity index (χ2n) is 5.61. The molecular formula is C19H20N2O4S. The first-order valence-electron chi connectivity index (χ1n) is 8.12. The number of ether oxygens (including phenoxy) is 2. The van der Waals surface area contributed by atoms with Gasteiger partial charge in [0.05, 0.1) is 24.8 Å². The van der Waals surface area contributed by atoms with Crippen LogP contribution in [0.5, 0.6) is 11.5 Å². The second kappa shape index (κ2) is 8.05. The van der Waals surface area contributed by atoms with Crippen LogP contribution in [-0.2, 0) is 6.42 Å². The van der Waals surface area contributed by atoms with Gasteiger partial charge in [-0.1, -0.05) is 6.07 Å². The molecule has 0 bridgehead atoms. The van der Waals surface area contributed by atoms with Crippen molar-refractivity contribution < 1.29 is 18.7 Å². The van der Waals surface area contributed by atoms with E-state index in [-0.39, 0.29) is 5.91 Å². The molecule has 136 valence electrons. The molecule has 3 rings (SSSR count). The van der Waals surface area contributed by atoms with Gasteiger partial charge in [-0.05, 0) is 30.5 Å². The van der Waals surface area contributed by atoms with Gasteiger partial charge in [0, 0.05) is 24.6 Å². The summed E-state index contributed by atoms with van der Waals surface area (Å²) in [7, 11) is 3.10. The van der Waals surface area contributed by atoms with Crippen LogP contribution in [0.2, 0.25) is 0 Å². The van der Waals surface area contributed by atoms with Crippen LogP contribution in [0, 0.1) is 6.92 Å².